The summed E-state index contributed by atoms with van der Waals surface area (Å²) in [6.07, 6.45) is 0.234. The minimum Gasteiger partial charge on any atom is -0.382 e. The highest BCUT2D eigenvalue weighted by molar-refractivity contribution is 5.79. The van der Waals surface area contributed by atoms with Crippen molar-refractivity contribution in [3.63, 3.8) is 0 Å². The highest BCUT2D eigenvalue weighted by atomic mass is 16.5. The first-order valence-electron chi connectivity index (χ1n) is 8.44. The Kier molecular flexibility index (Phi) is 5.45. The standard InChI is InChI=1S/C18H24N4O3/c1-13-4-6-15(7-5-13)22-14(2)17(19-20-22)10-18(23)21-8-9-25-12-16(21)11-24-3/h4-7,16H,8-12H2,1-3H3. The van der Waals surface area contributed by atoms with Crippen molar-refractivity contribution in [3.8, 4) is 5.69 Å². The number of hydrogen-bond donors (Lipinski definition) is 0. The minimum absolute atomic E-state index is 0.0319. The van der Waals surface area contributed by atoms with Gasteiger partial charge in [-0.3, -0.25) is 4.79 Å². The SMILES string of the molecule is COCC1COCCN1C(=O)Cc1nnn(-c2ccc(C)cc2)c1C. The third kappa shape index (κ3) is 3.88. The van der Waals surface area contributed by atoms with E-state index in [2.05, 4.69) is 10.3 Å². The molecule has 1 aliphatic heterocycles. The number of carbonyl (C=O) groups excluding carboxylic acids is 1. The van der Waals surface area contributed by atoms with Crippen LogP contribution in [0.3, 0.4) is 0 Å². The van der Waals surface area contributed by atoms with E-state index in [0.29, 0.717) is 32.1 Å². The summed E-state index contributed by atoms with van der Waals surface area (Å²) in [7, 11) is 1.63. The van der Waals surface area contributed by atoms with E-state index in [1.54, 1.807) is 11.8 Å². The van der Waals surface area contributed by atoms with Crippen molar-refractivity contribution in [1.82, 2.24) is 19.9 Å². The monoisotopic (exact) mass is 344 g/mol. The van der Waals surface area contributed by atoms with Crippen LogP contribution < -0.4 is 0 Å². The molecule has 0 bridgehead atoms. The van der Waals surface area contributed by atoms with Crippen LogP contribution in [0.4, 0.5) is 0 Å². The molecule has 1 aromatic carbocycles. The van der Waals surface area contributed by atoms with Gasteiger partial charge in [0.25, 0.3) is 0 Å². The van der Waals surface area contributed by atoms with Gasteiger partial charge >= 0.3 is 0 Å². The molecule has 0 radical (unpaired) electrons. The maximum absolute atomic E-state index is 12.7. The zero-order valence-corrected chi connectivity index (χ0v) is 14.9. The number of hydrogen-bond acceptors (Lipinski definition) is 5. The lowest BCUT2D eigenvalue weighted by molar-refractivity contribution is -0.141. The van der Waals surface area contributed by atoms with Gasteiger partial charge in [0.05, 0.1) is 49.4 Å². The Morgan fingerprint density at radius 2 is 2.08 bits per heavy atom. The maximum Gasteiger partial charge on any atom is 0.229 e. The van der Waals surface area contributed by atoms with Crippen LogP contribution in [0.2, 0.25) is 0 Å². The van der Waals surface area contributed by atoms with Gasteiger partial charge in [-0.05, 0) is 26.0 Å². The van der Waals surface area contributed by atoms with Crippen LogP contribution in [0.1, 0.15) is 17.0 Å². The third-order valence-electron chi connectivity index (χ3n) is 4.49. The fourth-order valence-electron chi connectivity index (χ4n) is 3.01. The Hall–Kier alpha value is -2.25. The molecule has 1 saturated heterocycles. The zero-order valence-electron chi connectivity index (χ0n) is 14.9. The molecule has 7 heteroatoms. The first-order chi connectivity index (χ1) is 12.1. The van der Waals surface area contributed by atoms with Crippen LogP contribution in [0.5, 0.6) is 0 Å². The third-order valence-corrected chi connectivity index (χ3v) is 4.49. The molecule has 1 unspecified atom stereocenters. The van der Waals surface area contributed by atoms with Gasteiger partial charge in [0, 0.05) is 13.7 Å². The van der Waals surface area contributed by atoms with Crippen molar-refractivity contribution in [2.24, 2.45) is 0 Å². The molecule has 7 nitrogen and oxygen atoms in total. The average Bonchev–Trinajstić information content (AvgIpc) is 2.97. The second-order valence-corrected chi connectivity index (χ2v) is 6.32. The summed E-state index contributed by atoms with van der Waals surface area (Å²) < 4.78 is 12.4. The normalized spacial score (nSPS) is 17.7. The van der Waals surface area contributed by atoms with Crippen LogP contribution in [0, 0.1) is 13.8 Å². The van der Waals surface area contributed by atoms with Gasteiger partial charge in [-0.2, -0.15) is 0 Å². The molecule has 0 N–H and O–H groups in total. The van der Waals surface area contributed by atoms with Crippen molar-refractivity contribution < 1.29 is 14.3 Å². The van der Waals surface area contributed by atoms with Crippen molar-refractivity contribution in [2.75, 3.05) is 33.5 Å². The molecule has 1 aromatic heterocycles. The lowest BCUT2D eigenvalue weighted by Crippen LogP contribution is -2.51. The summed E-state index contributed by atoms with van der Waals surface area (Å²) >= 11 is 0. The molecule has 134 valence electrons. The molecule has 1 atom stereocenters. The smallest absolute Gasteiger partial charge is 0.229 e. The molecular formula is C18H24N4O3. The van der Waals surface area contributed by atoms with Gasteiger partial charge in [-0.15, -0.1) is 5.10 Å². The van der Waals surface area contributed by atoms with E-state index in [4.69, 9.17) is 9.47 Å². The van der Waals surface area contributed by atoms with E-state index in [1.165, 1.54) is 5.56 Å². The predicted molar refractivity (Wildman–Crippen MR) is 92.7 cm³/mol. The fraction of sp³-hybridized carbons (Fsp3) is 0.500. The van der Waals surface area contributed by atoms with E-state index in [-0.39, 0.29) is 18.4 Å². The first-order valence-corrected chi connectivity index (χ1v) is 8.44. The largest absolute Gasteiger partial charge is 0.382 e. The van der Waals surface area contributed by atoms with Crippen LogP contribution in [0.25, 0.3) is 5.69 Å². The molecule has 1 aliphatic rings. The van der Waals surface area contributed by atoms with Gasteiger partial charge < -0.3 is 14.4 Å². The Labute approximate surface area is 147 Å². The summed E-state index contributed by atoms with van der Waals surface area (Å²) in [6, 6.07) is 8.02. The van der Waals surface area contributed by atoms with E-state index < -0.39 is 0 Å². The highest BCUT2D eigenvalue weighted by Crippen LogP contribution is 2.15. The van der Waals surface area contributed by atoms with E-state index >= 15 is 0 Å². The lowest BCUT2D eigenvalue weighted by Gasteiger charge is -2.35. The number of rotatable bonds is 5. The molecule has 0 aliphatic carbocycles. The van der Waals surface area contributed by atoms with Gasteiger partial charge in [0.15, 0.2) is 0 Å². The Morgan fingerprint density at radius 3 is 2.80 bits per heavy atom. The minimum atomic E-state index is -0.0429. The molecule has 2 aromatic rings. The topological polar surface area (TPSA) is 69.5 Å². The predicted octanol–water partition coefficient (Wildman–Crippen LogP) is 1.30. The number of aryl methyl sites for hydroxylation is 1. The second-order valence-electron chi connectivity index (χ2n) is 6.32. The number of methoxy groups -OCH3 is 1. The molecular weight excluding hydrogens is 320 g/mol. The van der Waals surface area contributed by atoms with Gasteiger partial charge in [0.1, 0.15) is 0 Å². The molecule has 2 heterocycles. The Bertz CT molecular complexity index is 724. The fourth-order valence-corrected chi connectivity index (χ4v) is 3.01. The summed E-state index contributed by atoms with van der Waals surface area (Å²) in [5.74, 6) is 0.0319. The number of benzene rings is 1. The summed E-state index contributed by atoms with van der Waals surface area (Å²) in [6.45, 7) is 6.10. The number of carbonyl (C=O) groups is 1. The van der Waals surface area contributed by atoms with Gasteiger partial charge in [0.2, 0.25) is 5.91 Å². The highest BCUT2D eigenvalue weighted by Gasteiger charge is 2.28. The van der Waals surface area contributed by atoms with E-state index in [9.17, 15) is 4.79 Å². The van der Waals surface area contributed by atoms with Crippen LogP contribution in [-0.2, 0) is 20.7 Å². The summed E-state index contributed by atoms with van der Waals surface area (Å²) in [4.78, 5) is 14.6. The molecule has 0 spiro atoms. The number of nitrogens with zero attached hydrogens (tertiary/aromatic N) is 4. The molecule has 25 heavy (non-hydrogen) atoms. The van der Waals surface area contributed by atoms with E-state index in [0.717, 1.165) is 11.4 Å². The van der Waals surface area contributed by atoms with Crippen molar-refractivity contribution in [2.45, 2.75) is 26.3 Å². The van der Waals surface area contributed by atoms with Crippen molar-refractivity contribution >= 4 is 5.91 Å². The maximum atomic E-state index is 12.7. The van der Waals surface area contributed by atoms with E-state index in [1.807, 2.05) is 43.0 Å². The number of morpholine rings is 1. The summed E-state index contributed by atoms with van der Waals surface area (Å²) in [5.41, 5.74) is 3.72. The number of aromatic nitrogens is 3. The lowest BCUT2D eigenvalue weighted by atomic mass is 10.1. The Balaban J connectivity index is 1.74. The number of amides is 1. The van der Waals surface area contributed by atoms with Crippen molar-refractivity contribution in [1.29, 1.82) is 0 Å². The average molecular weight is 344 g/mol. The van der Waals surface area contributed by atoms with Crippen LogP contribution in [0.15, 0.2) is 24.3 Å². The molecule has 0 saturated carbocycles. The quantitative estimate of drug-likeness (QED) is 0.818. The second kappa shape index (κ2) is 7.76. The first kappa shape index (κ1) is 17.6. The Morgan fingerprint density at radius 1 is 1.32 bits per heavy atom. The van der Waals surface area contributed by atoms with Gasteiger partial charge in [-0.1, -0.05) is 22.9 Å². The molecule has 3 rings (SSSR count). The number of ether oxygens (including phenoxy) is 2. The zero-order chi connectivity index (χ0) is 17.8. The molecule has 1 fully saturated rings. The molecule has 1 amide bonds. The van der Waals surface area contributed by atoms with Crippen LogP contribution >= 0.6 is 0 Å². The van der Waals surface area contributed by atoms with Crippen molar-refractivity contribution in [3.05, 3.63) is 41.2 Å². The van der Waals surface area contributed by atoms with Crippen LogP contribution in [-0.4, -0.2) is 65.3 Å². The van der Waals surface area contributed by atoms with Gasteiger partial charge in [-0.25, -0.2) is 4.68 Å². The summed E-state index contributed by atoms with van der Waals surface area (Å²) in [5, 5.41) is 8.44.